The summed E-state index contributed by atoms with van der Waals surface area (Å²) in [5.41, 5.74) is 5.95. The van der Waals surface area contributed by atoms with Crippen molar-refractivity contribution in [2.75, 3.05) is 13.1 Å². The summed E-state index contributed by atoms with van der Waals surface area (Å²) in [4.78, 5) is 1.43. The summed E-state index contributed by atoms with van der Waals surface area (Å²) in [7, 11) is 0. The summed E-state index contributed by atoms with van der Waals surface area (Å²) in [6, 6.07) is 4.74. The molecule has 0 aliphatic rings. The first-order chi connectivity index (χ1) is 7.47. The van der Waals surface area contributed by atoms with Crippen LogP contribution in [0.15, 0.2) is 17.5 Å². The zero-order valence-electron chi connectivity index (χ0n) is 10.8. The van der Waals surface area contributed by atoms with Gasteiger partial charge in [-0.3, -0.25) is 0 Å². The van der Waals surface area contributed by atoms with Gasteiger partial charge in [0.25, 0.3) is 0 Å². The molecule has 3 heteroatoms. The molecule has 0 amide bonds. The second-order valence-corrected chi connectivity index (χ2v) is 6.28. The van der Waals surface area contributed by atoms with Gasteiger partial charge in [0, 0.05) is 29.4 Å². The standard InChI is InChI=1S/C13H24N2S/c1-10(2)11(8-14)15-9-13(3,4)12-6-5-7-16-12/h5-7,10-11,15H,8-9,14H2,1-4H3. The third-order valence-electron chi connectivity index (χ3n) is 3.05. The Balaban J connectivity index is 2.54. The highest BCUT2D eigenvalue weighted by molar-refractivity contribution is 7.10. The lowest BCUT2D eigenvalue weighted by Crippen LogP contribution is -2.45. The van der Waals surface area contributed by atoms with Crippen LogP contribution in [0.2, 0.25) is 0 Å². The van der Waals surface area contributed by atoms with Crippen LogP contribution >= 0.6 is 11.3 Å². The molecule has 3 N–H and O–H groups in total. The summed E-state index contributed by atoms with van der Waals surface area (Å²) >= 11 is 1.83. The molecule has 0 bridgehead atoms. The highest BCUT2D eigenvalue weighted by atomic mass is 32.1. The second kappa shape index (κ2) is 5.80. The monoisotopic (exact) mass is 240 g/mol. The van der Waals surface area contributed by atoms with Gasteiger partial charge in [0.2, 0.25) is 0 Å². The molecule has 1 atom stereocenters. The van der Waals surface area contributed by atoms with E-state index in [4.69, 9.17) is 5.73 Å². The molecule has 0 aliphatic heterocycles. The van der Waals surface area contributed by atoms with E-state index in [1.807, 2.05) is 11.3 Å². The van der Waals surface area contributed by atoms with E-state index >= 15 is 0 Å². The van der Waals surface area contributed by atoms with Crippen LogP contribution in [-0.4, -0.2) is 19.1 Å². The molecule has 16 heavy (non-hydrogen) atoms. The Morgan fingerprint density at radius 3 is 2.56 bits per heavy atom. The lowest BCUT2D eigenvalue weighted by molar-refractivity contribution is 0.363. The van der Waals surface area contributed by atoms with Gasteiger partial charge in [-0.05, 0) is 17.4 Å². The van der Waals surface area contributed by atoms with Crippen molar-refractivity contribution in [1.82, 2.24) is 5.32 Å². The van der Waals surface area contributed by atoms with Gasteiger partial charge < -0.3 is 11.1 Å². The number of nitrogens with two attached hydrogens (primary N) is 1. The third kappa shape index (κ3) is 3.58. The summed E-state index contributed by atoms with van der Waals surface area (Å²) in [6.07, 6.45) is 0. The van der Waals surface area contributed by atoms with Gasteiger partial charge in [0.1, 0.15) is 0 Å². The SMILES string of the molecule is CC(C)C(CN)NCC(C)(C)c1cccs1. The van der Waals surface area contributed by atoms with Gasteiger partial charge >= 0.3 is 0 Å². The van der Waals surface area contributed by atoms with Crippen LogP contribution < -0.4 is 11.1 Å². The fourth-order valence-electron chi connectivity index (χ4n) is 1.73. The molecular formula is C13H24N2S. The number of nitrogens with one attached hydrogen (secondary N) is 1. The van der Waals surface area contributed by atoms with Crippen molar-refractivity contribution in [1.29, 1.82) is 0 Å². The Bertz CT molecular complexity index is 291. The normalized spacial score (nSPS) is 14.4. The maximum Gasteiger partial charge on any atom is 0.0213 e. The summed E-state index contributed by atoms with van der Waals surface area (Å²) in [6.45, 7) is 10.7. The van der Waals surface area contributed by atoms with Crippen LogP contribution in [0.5, 0.6) is 0 Å². The van der Waals surface area contributed by atoms with Gasteiger partial charge in [-0.25, -0.2) is 0 Å². The molecule has 1 unspecified atom stereocenters. The van der Waals surface area contributed by atoms with Gasteiger partial charge in [-0.2, -0.15) is 0 Å². The molecule has 0 saturated carbocycles. The zero-order chi connectivity index (χ0) is 12.2. The van der Waals surface area contributed by atoms with Crippen LogP contribution in [-0.2, 0) is 5.41 Å². The molecule has 1 heterocycles. The van der Waals surface area contributed by atoms with E-state index in [0.29, 0.717) is 18.5 Å². The topological polar surface area (TPSA) is 38.0 Å². The third-order valence-corrected chi connectivity index (χ3v) is 4.29. The van der Waals surface area contributed by atoms with Gasteiger partial charge in [0.15, 0.2) is 0 Å². The van der Waals surface area contributed by atoms with E-state index in [9.17, 15) is 0 Å². The van der Waals surface area contributed by atoms with E-state index in [2.05, 4.69) is 50.5 Å². The van der Waals surface area contributed by atoms with Crippen LogP contribution in [0.4, 0.5) is 0 Å². The average Bonchev–Trinajstić information content (AvgIpc) is 2.71. The Kier molecular flexibility index (Phi) is 4.96. The van der Waals surface area contributed by atoms with Crippen molar-refractivity contribution in [2.45, 2.75) is 39.2 Å². The molecule has 2 nitrogen and oxygen atoms in total. The zero-order valence-corrected chi connectivity index (χ0v) is 11.6. The number of thiophene rings is 1. The largest absolute Gasteiger partial charge is 0.329 e. The summed E-state index contributed by atoms with van der Waals surface area (Å²) in [5.74, 6) is 0.587. The maximum absolute atomic E-state index is 5.76. The Morgan fingerprint density at radius 1 is 1.44 bits per heavy atom. The quantitative estimate of drug-likeness (QED) is 0.802. The predicted molar refractivity (Wildman–Crippen MR) is 73.0 cm³/mol. The van der Waals surface area contributed by atoms with Gasteiger partial charge in [0.05, 0.1) is 0 Å². The lowest BCUT2D eigenvalue weighted by atomic mass is 9.90. The van der Waals surface area contributed by atoms with E-state index in [1.165, 1.54) is 4.88 Å². The Hall–Kier alpha value is -0.380. The van der Waals surface area contributed by atoms with Crippen molar-refractivity contribution in [3.8, 4) is 0 Å². The first-order valence-electron chi connectivity index (χ1n) is 5.95. The van der Waals surface area contributed by atoms with Crippen molar-refractivity contribution >= 4 is 11.3 Å². The first kappa shape index (κ1) is 13.7. The minimum Gasteiger partial charge on any atom is -0.329 e. The molecule has 0 aliphatic carbocycles. The number of hydrogen-bond donors (Lipinski definition) is 2. The lowest BCUT2D eigenvalue weighted by Gasteiger charge is -2.28. The summed E-state index contributed by atoms with van der Waals surface area (Å²) < 4.78 is 0. The first-order valence-corrected chi connectivity index (χ1v) is 6.83. The van der Waals surface area contributed by atoms with Crippen molar-refractivity contribution < 1.29 is 0 Å². The maximum atomic E-state index is 5.76. The fraction of sp³-hybridized carbons (Fsp3) is 0.692. The molecule has 0 aromatic carbocycles. The van der Waals surface area contributed by atoms with E-state index < -0.39 is 0 Å². The van der Waals surface area contributed by atoms with Crippen LogP contribution in [0.1, 0.15) is 32.6 Å². The molecule has 1 aromatic rings. The summed E-state index contributed by atoms with van der Waals surface area (Å²) in [5, 5.41) is 5.72. The van der Waals surface area contributed by atoms with Crippen molar-refractivity contribution in [3.63, 3.8) is 0 Å². The minimum absolute atomic E-state index is 0.191. The Labute approximate surface area is 103 Å². The number of rotatable bonds is 6. The Morgan fingerprint density at radius 2 is 2.12 bits per heavy atom. The minimum atomic E-state index is 0.191. The molecular weight excluding hydrogens is 216 g/mol. The van der Waals surface area contributed by atoms with E-state index in [0.717, 1.165) is 6.54 Å². The van der Waals surface area contributed by atoms with Gasteiger partial charge in [-0.1, -0.05) is 33.8 Å². The number of hydrogen-bond acceptors (Lipinski definition) is 3. The highest BCUT2D eigenvalue weighted by Crippen LogP contribution is 2.26. The van der Waals surface area contributed by atoms with Gasteiger partial charge in [-0.15, -0.1) is 11.3 Å². The molecule has 0 spiro atoms. The second-order valence-electron chi connectivity index (χ2n) is 5.33. The highest BCUT2D eigenvalue weighted by Gasteiger charge is 2.23. The molecule has 0 radical (unpaired) electrons. The smallest absolute Gasteiger partial charge is 0.0213 e. The molecule has 92 valence electrons. The average molecular weight is 240 g/mol. The fourth-order valence-corrected chi connectivity index (χ4v) is 2.58. The van der Waals surface area contributed by atoms with Crippen LogP contribution in [0, 0.1) is 5.92 Å². The molecule has 0 saturated heterocycles. The molecule has 1 rings (SSSR count). The molecule has 1 aromatic heterocycles. The van der Waals surface area contributed by atoms with E-state index in [1.54, 1.807) is 0 Å². The predicted octanol–water partition coefficient (Wildman–Crippen LogP) is 2.60. The van der Waals surface area contributed by atoms with Crippen molar-refractivity contribution in [3.05, 3.63) is 22.4 Å². The molecule has 0 fully saturated rings. The van der Waals surface area contributed by atoms with Crippen LogP contribution in [0.3, 0.4) is 0 Å². The van der Waals surface area contributed by atoms with Crippen molar-refractivity contribution in [2.24, 2.45) is 11.7 Å². The van der Waals surface area contributed by atoms with E-state index in [-0.39, 0.29) is 5.41 Å². The van der Waals surface area contributed by atoms with Crippen LogP contribution in [0.25, 0.3) is 0 Å².